The van der Waals surface area contributed by atoms with E-state index in [1.807, 2.05) is 4.72 Å². The van der Waals surface area contributed by atoms with Gasteiger partial charge in [0.05, 0.1) is 28.7 Å². The van der Waals surface area contributed by atoms with Gasteiger partial charge in [0.2, 0.25) is 10.0 Å². The van der Waals surface area contributed by atoms with Crippen molar-refractivity contribution in [1.82, 2.24) is 19.8 Å². The zero-order valence-electron chi connectivity index (χ0n) is 20.9. The second-order valence-electron chi connectivity index (χ2n) is 9.99. The molecule has 1 atom stereocenters. The number of alkyl halides is 5. The third-order valence-electron chi connectivity index (χ3n) is 7.06. The Bertz CT molecular complexity index is 1440. The third kappa shape index (κ3) is 5.77. The molecule has 40 heavy (non-hydrogen) atoms. The molecule has 1 spiro atoms. The van der Waals surface area contributed by atoms with Crippen molar-refractivity contribution in [2.24, 2.45) is 0 Å². The molecule has 0 bridgehead atoms. The fourth-order valence-electron chi connectivity index (χ4n) is 5.20. The Kier molecular flexibility index (Phi) is 7.27. The molecule has 1 aromatic carbocycles. The molecule has 1 aliphatic heterocycles. The van der Waals surface area contributed by atoms with E-state index < -0.39 is 52.0 Å². The predicted octanol–water partition coefficient (Wildman–Crippen LogP) is 2.80. The Balaban J connectivity index is 1.44. The number of aryl methyl sites for hydroxylation is 2. The zero-order chi connectivity index (χ0) is 28.9. The number of nitrogens with one attached hydrogen (secondary N) is 2. The highest BCUT2D eigenvalue weighted by Gasteiger charge is 2.48. The van der Waals surface area contributed by atoms with E-state index in [2.05, 4.69) is 15.2 Å². The summed E-state index contributed by atoms with van der Waals surface area (Å²) in [6.07, 6.45) is -2.78. The van der Waals surface area contributed by atoms with Gasteiger partial charge in [0.1, 0.15) is 11.4 Å². The lowest BCUT2D eigenvalue weighted by Crippen LogP contribution is -2.50. The van der Waals surface area contributed by atoms with Crippen molar-refractivity contribution in [1.29, 1.82) is 0 Å². The molecule has 2 aromatic rings. The maximum atomic E-state index is 13.4. The minimum Gasteiger partial charge on any atom is -0.484 e. The Labute approximate surface area is 225 Å². The van der Waals surface area contributed by atoms with E-state index in [0.717, 1.165) is 4.68 Å². The molecule has 1 saturated carbocycles. The van der Waals surface area contributed by atoms with Gasteiger partial charge >= 0.3 is 12.8 Å². The van der Waals surface area contributed by atoms with Gasteiger partial charge in [0.25, 0.3) is 11.8 Å². The first-order valence-corrected chi connectivity index (χ1v) is 14.0. The number of nitrogens with zero attached hydrogens (tertiary/aromatic N) is 2. The third-order valence-corrected chi connectivity index (χ3v) is 8.88. The van der Waals surface area contributed by atoms with E-state index in [-0.39, 0.29) is 48.7 Å². The van der Waals surface area contributed by atoms with Crippen molar-refractivity contribution in [3.63, 3.8) is 0 Å². The molecule has 5 rings (SSSR count). The summed E-state index contributed by atoms with van der Waals surface area (Å²) in [6.45, 7) is -4.92. The van der Waals surface area contributed by atoms with Gasteiger partial charge in [-0.15, -0.1) is 0 Å². The molecule has 2 aliphatic carbocycles. The molecular formula is C24H25F5N4O6S. The highest BCUT2D eigenvalue weighted by atomic mass is 32.2. The molecule has 0 saturated heterocycles. The summed E-state index contributed by atoms with van der Waals surface area (Å²) >= 11 is 0. The summed E-state index contributed by atoms with van der Waals surface area (Å²) < 4.78 is 99.5. The van der Waals surface area contributed by atoms with Crippen LogP contribution < -0.4 is 14.8 Å². The number of carbonyl (C=O) groups excluding carboxylic acids is 2. The van der Waals surface area contributed by atoms with Crippen molar-refractivity contribution in [3.05, 3.63) is 46.3 Å². The minimum absolute atomic E-state index is 0.00312. The summed E-state index contributed by atoms with van der Waals surface area (Å²) in [5.41, 5.74) is 0.153. The number of halogens is 5. The average molecular weight is 593 g/mol. The molecule has 16 heteroatoms. The van der Waals surface area contributed by atoms with Crippen molar-refractivity contribution in [3.8, 4) is 5.75 Å². The Morgan fingerprint density at radius 1 is 1.27 bits per heavy atom. The first-order valence-electron chi connectivity index (χ1n) is 12.5. The van der Waals surface area contributed by atoms with Crippen LogP contribution in [0.4, 0.5) is 22.0 Å². The fourth-order valence-corrected chi connectivity index (χ4v) is 6.48. The number of rotatable bonds is 10. The first-order chi connectivity index (χ1) is 18.8. The molecular weight excluding hydrogens is 567 g/mol. The maximum absolute atomic E-state index is 13.4. The molecule has 2 amide bonds. The Morgan fingerprint density at radius 3 is 2.70 bits per heavy atom. The van der Waals surface area contributed by atoms with Crippen LogP contribution in [-0.2, 0) is 39.7 Å². The van der Waals surface area contributed by atoms with Crippen molar-refractivity contribution >= 4 is 21.8 Å². The van der Waals surface area contributed by atoms with E-state index in [4.69, 9.17) is 4.74 Å². The quantitative estimate of drug-likeness (QED) is 0.321. The molecule has 0 radical (unpaired) electrons. The van der Waals surface area contributed by atoms with E-state index >= 15 is 0 Å². The molecule has 2 heterocycles. The average Bonchev–Trinajstić information content (AvgIpc) is 3.59. The number of carbonyl (C=O) groups is 2. The minimum atomic E-state index is -4.50. The highest BCUT2D eigenvalue weighted by molar-refractivity contribution is 7.91. The number of ether oxygens (including phenoxy) is 2. The summed E-state index contributed by atoms with van der Waals surface area (Å²) in [5, 5.41) is 6.60. The zero-order valence-corrected chi connectivity index (χ0v) is 21.7. The van der Waals surface area contributed by atoms with Gasteiger partial charge in [-0.25, -0.2) is 13.1 Å². The lowest BCUT2D eigenvalue weighted by molar-refractivity contribution is -0.153. The second-order valence-corrected chi connectivity index (χ2v) is 12.0. The predicted molar refractivity (Wildman–Crippen MR) is 127 cm³/mol. The van der Waals surface area contributed by atoms with Crippen LogP contribution in [0.1, 0.15) is 63.4 Å². The number of hydrogen-bond donors (Lipinski definition) is 2. The van der Waals surface area contributed by atoms with Crippen LogP contribution in [0.3, 0.4) is 0 Å². The molecule has 1 fully saturated rings. The molecule has 10 nitrogen and oxygen atoms in total. The highest BCUT2D eigenvalue weighted by Crippen LogP contribution is 2.44. The number of hydrogen-bond acceptors (Lipinski definition) is 7. The van der Waals surface area contributed by atoms with Crippen LogP contribution >= 0.6 is 0 Å². The van der Waals surface area contributed by atoms with Gasteiger partial charge in [0, 0.05) is 13.0 Å². The maximum Gasteiger partial charge on any atom is 0.422 e. The van der Waals surface area contributed by atoms with Gasteiger partial charge in [-0.05, 0) is 55.4 Å². The number of aromatic nitrogens is 2. The van der Waals surface area contributed by atoms with Crippen LogP contribution in [0, 0.1) is 0 Å². The number of amides is 2. The Morgan fingerprint density at radius 2 is 2.02 bits per heavy atom. The van der Waals surface area contributed by atoms with Crippen LogP contribution in [0.15, 0.2) is 18.2 Å². The monoisotopic (exact) mass is 592 g/mol. The van der Waals surface area contributed by atoms with E-state index in [1.165, 1.54) is 12.1 Å². The summed E-state index contributed by atoms with van der Waals surface area (Å²) in [6, 6.07) is 4.44. The lowest BCUT2D eigenvalue weighted by Gasteiger charge is -2.35. The summed E-state index contributed by atoms with van der Waals surface area (Å²) in [7, 11) is -3.97. The normalized spacial score (nSPS) is 20.4. The first kappa shape index (κ1) is 28.3. The molecule has 2 N–H and O–H groups in total. The van der Waals surface area contributed by atoms with Crippen LogP contribution in [0.5, 0.6) is 5.75 Å². The van der Waals surface area contributed by atoms with Crippen LogP contribution in [0.2, 0.25) is 0 Å². The van der Waals surface area contributed by atoms with Crippen molar-refractivity contribution < 1.29 is 49.4 Å². The number of sulfonamides is 1. The fraction of sp³-hybridized carbons (Fsp3) is 0.542. The number of benzene rings is 1. The number of fused-ring (bicyclic) bond motifs is 3. The SMILES string of the molecule is O=C1N[C@@]2(CCc3cc(OCC(F)(F)F)ccc32)Cc2nn(CCCOC(F)F)c(C(=O)NS(=O)(=O)C3CC3)c21. The second kappa shape index (κ2) is 10.3. The largest absolute Gasteiger partial charge is 0.484 e. The molecule has 1 aromatic heterocycles. The summed E-state index contributed by atoms with van der Waals surface area (Å²) in [5.74, 6) is -1.71. The van der Waals surface area contributed by atoms with E-state index in [0.29, 0.717) is 36.8 Å². The summed E-state index contributed by atoms with van der Waals surface area (Å²) in [4.78, 5) is 26.6. The van der Waals surface area contributed by atoms with Crippen molar-refractivity contribution in [2.45, 2.75) is 68.6 Å². The lowest BCUT2D eigenvalue weighted by atomic mass is 9.82. The smallest absolute Gasteiger partial charge is 0.422 e. The standard InChI is InChI=1S/C24H25F5N4O6S/c25-22(26)38-9-1-8-33-19(21(35)32-40(36,37)15-3-4-15)18-17(31-33)11-23(30-20(18)34)7-6-13-10-14(2-5-16(13)23)39-12-24(27,28)29/h2,5,10,15,22H,1,3-4,6-9,11-12H2,(H,30,34)(H,32,35)/t23-/m0/s1. The van der Waals surface area contributed by atoms with Gasteiger partial charge in [-0.1, -0.05) is 6.07 Å². The van der Waals surface area contributed by atoms with E-state index in [1.54, 1.807) is 6.07 Å². The topological polar surface area (TPSA) is 129 Å². The van der Waals surface area contributed by atoms with Gasteiger partial charge in [0.15, 0.2) is 6.61 Å². The Hall–Kier alpha value is -3.27. The van der Waals surface area contributed by atoms with Gasteiger partial charge in [-0.2, -0.15) is 27.1 Å². The van der Waals surface area contributed by atoms with Gasteiger partial charge in [-0.3, -0.25) is 14.3 Å². The molecule has 218 valence electrons. The van der Waals surface area contributed by atoms with Crippen LogP contribution in [0.25, 0.3) is 0 Å². The van der Waals surface area contributed by atoms with Gasteiger partial charge < -0.3 is 14.8 Å². The molecule has 3 aliphatic rings. The van der Waals surface area contributed by atoms with Crippen molar-refractivity contribution in [2.75, 3.05) is 13.2 Å². The van der Waals surface area contributed by atoms with E-state index in [9.17, 15) is 40.0 Å². The van der Waals surface area contributed by atoms with Crippen LogP contribution in [-0.4, -0.2) is 61.3 Å². The molecule has 0 unspecified atom stereocenters.